The number of H-pyrrole nitrogens is 1. The predicted molar refractivity (Wildman–Crippen MR) is 154 cm³/mol. The molecule has 0 saturated carbocycles. The number of alkyl halides is 3. The molecule has 1 amide bonds. The van der Waals surface area contributed by atoms with Crippen molar-refractivity contribution in [3.8, 4) is 17.0 Å². The van der Waals surface area contributed by atoms with Crippen LogP contribution in [0.2, 0.25) is 0 Å². The number of aromatic nitrogens is 5. The Morgan fingerprint density at radius 2 is 1.86 bits per heavy atom. The number of carboxylic acids is 1. The Kier molecular flexibility index (Phi) is 8.40. The van der Waals surface area contributed by atoms with Gasteiger partial charge in [0.1, 0.15) is 29.3 Å². The Morgan fingerprint density at radius 1 is 1.14 bits per heavy atom. The molecule has 1 fully saturated rings. The van der Waals surface area contributed by atoms with Gasteiger partial charge >= 0.3 is 6.18 Å². The van der Waals surface area contributed by atoms with Gasteiger partial charge in [-0.2, -0.15) is 18.3 Å². The molecule has 2 aromatic carbocycles. The van der Waals surface area contributed by atoms with E-state index in [1.807, 2.05) is 4.68 Å². The minimum atomic E-state index is -4.48. The summed E-state index contributed by atoms with van der Waals surface area (Å²) in [5.41, 5.74) is 8.14. The van der Waals surface area contributed by atoms with Crippen molar-refractivity contribution in [2.45, 2.75) is 32.0 Å². The number of carbonyl (C=O) groups excluding carboxylic acids is 2. The molecular weight excluding hydrogens is 581 g/mol. The summed E-state index contributed by atoms with van der Waals surface area (Å²) in [7, 11) is 1.48. The van der Waals surface area contributed by atoms with E-state index in [1.165, 1.54) is 25.6 Å². The average molecular weight is 611 g/mol. The summed E-state index contributed by atoms with van der Waals surface area (Å²) in [6, 6.07) is 10.2. The lowest BCUT2D eigenvalue weighted by Gasteiger charge is -2.21. The lowest BCUT2D eigenvalue weighted by Crippen LogP contribution is -2.86. The number of quaternary nitrogens is 1. The molecule has 0 aliphatic carbocycles. The highest BCUT2D eigenvalue weighted by Gasteiger charge is 2.31. The number of aromatic amines is 1. The van der Waals surface area contributed by atoms with Crippen LogP contribution in [0.15, 0.2) is 48.8 Å². The zero-order chi connectivity index (χ0) is 31.6. The number of nitrogen functional groups attached to an aromatic ring is 1. The van der Waals surface area contributed by atoms with Crippen molar-refractivity contribution in [3.63, 3.8) is 0 Å². The molecule has 1 aliphatic rings. The summed E-state index contributed by atoms with van der Waals surface area (Å²) in [6.07, 6.45) is -1.13. The maximum atomic E-state index is 13.1. The number of carboxylic acid groups (broad SMARTS) is 1. The van der Waals surface area contributed by atoms with E-state index in [-0.39, 0.29) is 17.3 Å². The maximum Gasteiger partial charge on any atom is 0.416 e. The molecule has 0 unspecified atom stereocenters. The van der Waals surface area contributed by atoms with Gasteiger partial charge in [0, 0.05) is 35.3 Å². The van der Waals surface area contributed by atoms with Gasteiger partial charge in [-0.3, -0.25) is 4.79 Å². The number of amides is 1. The Morgan fingerprint density at radius 3 is 2.55 bits per heavy atom. The number of nitrogens with one attached hydrogen (secondary N) is 2. The third-order valence-corrected chi connectivity index (χ3v) is 7.19. The molecule has 0 spiro atoms. The molecule has 230 valence electrons. The van der Waals surface area contributed by atoms with Gasteiger partial charge in [-0.25, -0.2) is 14.6 Å². The number of hydrogen-bond donors (Lipinski definition) is 4. The number of nitrogens with two attached hydrogens (primary N) is 2. The van der Waals surface area contributed by atoms with Crippen LogP contribution in [0.4, 0.5) is 24.7 Å². The van der Waals surface area contributed by atoms with Crippen LogP contribution < -0.4 is 26.2 Å². The number of benzene rings is 2. The molecule has 1 saturated heterocycles. The van der Waals surface area contributed by atoms with Crippen LogP contribution in [0.3, 0.4) is 0 Å². The zero-order valence-corrected chi connectivity index (χ0v) is 23.7. The quantitative estimate of drug-likeness (QED) is 0.234. The molecule has 5 aromatic rings. The summed E-state index contributed by atoms with van der Waals surface area (Å²) in [4.78, 5) is 33.3. The Hall–Kier alpha value is -5.18. The van der Waals surface area contributed by atoms with Crippen LogP contribution in [0.1, 0.15) is 41.9 Å². The van der Waals surface area contributed by atoms with Crippen LogP contribution in [0, 0.1) is 0 Å². The van der Waals surface area contributed by atoms with Crippen molar-refractivity contribution in [2.24, 2.45) is 0 Å². The fourth-order valence-electron chi connectivity index (χ4n) is 5.16. The predicted octanol–water partition coefficient (Wildman–Crippen LogP) is 2.49. The summed E-state index contributed by atoms with van der Waals surface area (Å²) in [5, 5.41) is 20.0. The molecule has 44 heavy (non-hydrogen) atoms. The van der Waals surface area contributed by atoms with Gasteiger partial charge in [-0.05, 0) is 37.3 Å². The highest BCUT2D eigenvalue weighted by atomic mass is 19.4. The fourth-order valence-corrected chi connectivity index (χ4v) is 5.16. The SMILES string of the molecule is CC(=O)[O-].COc1cc(-c2nn(C3CC[NH2+]CC3)c3ncnc(N)c23)ccc1NC(=O)c1cc2ccc(C(F)(F)F)cc2[nH]1. The fraction of sp³-hybridized carbons (Fsp3) is 0.276. The van der Waals surface area contributed by atoms with Gasteiger partial charge in [-0.15, -0.1) is 0 Å². The minimum Gasteiger partial charge on any atom is -0.550 e. The Bertz CT molecular complexity index is 1840. The van der Waals surface area contributed by atoms with Gasteiger partial charge < -0.3 is 36.0 Å². The molecule has 4 heterocycles. The molecule has 12 nitrogen and oxygen atoms in total. The number of rotatable bonds is 5. The molecule has 6 N–H and O–H groups in total. The largest absolute Gasteiger partial charge is 0.550 e. The number of ether oxygens (including phenoxy) is 1. The number of halogens is 3. The zero-order valence-electron chi connectivity index (χ0n) is 23.7. The third kappa shape index (κ3) is 6.27. The van der Waals surface area contributed by atoms with E-state index in [0.29, 0.717) is 44.9 Å². The number of anilines is 2. The summed E-state index contributed by atoms with van der Waals surface area (Å²) >= 11 is 0. The van der Waals surface area contributed by atoms with Crippen LogP contribution in [-0.4, -0.2) is 56.8 Å². The van der Waals surface area contributed by atoms with Crippen molar-refractivity contribution in [2.75, 3.05) is 31.2 Å². The number of carbonyl (C=O) groups is 2. The first-order chi connectivity index (χ1) is 21.0. The Labute approximate surface area is 248 Å². The normalized spacial score (nSPS) is 13.8. The molecule has 0 radical (unpaired) electrons. The van der Waals surface area contributed by atoms with E-state index >= 15 is 0 Å². The second-order valence-electron chi connectivity index (χ2n) is 10.2. The first kappa shape index (κ1) is 30.3. The van der Waals surface area contributed by atoms with Gasteiger partial charge in [0.25, 0.3) is 5.91 Å². The van der Waals surface area contributed by atoms with Crippen molar-refractivity contribution in [3.05, 3.63) is 60.0 Å². The first-order valence-corrected chi connectivity index (χ1v) is 13.6. The molecule has 3 aromatic heterocycles. The first-order valence-electron chi connectivity index (χ1n) is 13.6. The molecule has 6 rings (SSSR count). The number of aliphatic carboxylic acids is 1. The van der Waals surface area contributed by atoms with Crippen LogP contribution in [0.25, 0.3) is 33.2 Å². The third-order valence-electron chi connectivity index (χ3n) is 7.19. The number of fused-ring (bicyclic) bond motifs is 2. The van der Waals surface area contributed by atoms with Gasteiger partial charge in [0.15, 0.2) is 5.65 Å². The second kappa shape index (κ2) is 12.2. The number of nitrogens with zero attached hydrogens (tertiary/aromatic N) is 4. The van der Waals surface area contributed by atoms with E-state index in [1.54, 1.807) is 18.2 Å². The Balaban J connectivity index is 0.000000906. The van der Waals surface area contributed by atoms with E-state index < -0.39 is 23.6 Å². The van der Waals surface area contributed by atoms with E-state index in [4.69, 9.17) is 25.5 Å². The minimum absolute atomic E-state index is 0.111. The lowest BCUT2D eigenvalue weighted by molar-refractivity contribution is -0.664. The molecule has 0 bridgehead atoms. The number of piperidine rings is 1. The molecule has 0 atom stereocenters. The summed E-state index contributed by atoms with van der Waals surface area (Å²) in [6.45, 7) is 2.98. The summed E-state index contributed by atoms with van der Waals surface area (Å²) < 4.78 is 46.8. The molecular formula is C29H29F3N8O4. The summed E-state index contributed by atoms with van der Waals surface area (Å²) in [5.74, 6) is -0.929. The number of hydrogen-bond acceptors (Lipinski definition) is 8. The smallest absolute Gasteiger partial charge is 0.416 e. The highest BCUT2D eigenvalue weighted by molar-refractivity contribution is 6.07. The van der Waals surface area contributed by atoms with E-state index in [9.17, 15) is 18.0 Å². The van der Waals surface area contributed by atoms with Crippen LogP contribution in [-0.2, 0) is 11.0 Å². The molecule has 15 heteroatoms. The monoisotopic (exact) mass is 610 g/mol. The topological polar surface area (TPSA) is 180 Å². The van der Waals surface area contributed by atoms with Crippen LogP contribution >= 0.6 is 0 Å². The van der Waals surface area contributed by atoms with Gasteiger partial charge in [-0.1, -0.05) is 12.1 Å². The average Bonchev–Trinajstić information content (AvgIpc) is 3.60. The maximum absolute atomic E-state index is 13.1. The van der Waals surface area contributed by atoms with Crippen molar-refractivity contribution >= 4 is 45.3 Å². The molecule has 1 aliphatic heterocycles. The van der Waals surface area contributed by atoms with Crippen molar-refractivity contribution in [1.82, 2.24) is 24.7 Å². The van der Waals surface area contributed by atoms with Gasteiger partial charge in [0.2, 0.25) is 0 Å². The van der Waals surface area contributed by atoms with Crippen molar-refractivity contribution < 1.29 is 37.9 Å². The van der Waals surface area contributed by atoms with Gasteiger partial charge in [0.05, 0.1) is 42.9 Å². The lowest BCUT2D eigenvalue weighted by atomic mass is 10.1. The van der Waals surface area contributed by atoms with Crippen molar-refractivity contribution in [1.29, 1.82) is 0 Å². The van der Waals surface area contributed by atoms with Crippen LogP contribution in [0.5, 0.6) is 5.75 Å². The van der Waals surface area contributed by atoms with E-state index in [2.05, 4.69) is 25.6 Å². The standard InChI is InChI=1S/C27H25F3N8O2.C2H4O2/c1-40-21-11-15(23-22-24(31)33-13-34-25(22)38(37-23)17-6-8-32-9-7-17)3-5-18(21)36-26(39)20-10-14-2-4-16(27(28,29)30)12-19(14)35-20;1-2(3)4/h2-5,10-13,17,32,35H,6-9H2,1H3,(H,36,39)(H2,31,33,34);1H3,(H,3,4). The van der Waals surface area contributed by atoms with E-state index in [0.717, 1.165) is 45.0 Å². The number of methoxy groups -OCH3 is 1. The second-order valence-corrected chi connectivity index (χ2v) is 10.2. The highest BCUT2D eigenvalue weighted by Crippen LogP contribution is 2.37.